The van der Waals surface area contributed by atoms with E-state index in [9.17, 15) is 4.39 Å². The lowest BCUT2D eigenvalue weighted by Gasteiger charge is -2.27. The smallest absolute Gasteiger partial charge is 0.123 e. The van der Waals surface area contributed by atoms with E-state index in [1.807, 2.05) is 12.1 Å². The molecule has 0 radical (unpaired) electrons. The number of methoxy groups -OCH3 is 1. The fourth-order valence-corrected chi connectivity index (χ4v) is 2.75. The van der Waals surface area contributed by atoms with E-state index in [0.29, 0.717) is 0 Å². The highest BCUT2D eigenvalue weighted by molar-refractivity contribution is 5.46. The van der Waals surface area contributed by atoms with Crippen molar-refractivity contribution < 1.29 is 9.13 Å². The van der Waals surface area contributed by atoms with Gasteiger partial charge in [-0.05, 0) is 29.3 Å². The molecule has 19 heavy (non-hydrogen) atoms. The van der Waals surface area contributed by atoms with Crippen molar-refractivity contribution in [3.05, 3.63) is 65.0 Å². The Morgan fingerprint density at radius 2 is 2.00 bits per heavy atom. The molecule has 1 unspecified atom stereocenters. The second-order valence-electron chi connectivity index (χ2n) is 4.77. The fraction of sp³-hybridized carbons (Fsp3) is 0.250. The van der Waals surface area contributed by atoms with E-state index in [0.717, 1.165) is 24.4 Å². The van der Waals surface area contributed by atoms with E-state index < -0.39 is 0 Å². The Bertz CT molecular complexity index is 597. The monoisotopic (exact) mass is 257 g/mol. The molecule has 1 atom stereocenters. The molecule has 0 fully saturated rings. The molecule has 98 valence electrons. The summed E-state index contributed by atoms with van der Waals surface area (Å²) in [4.78, 5) is 0. The van der Waals surface area contributed by atoms with Crippen molar-refractivity contribution in [1.29, 1.82) is 0 Å². The van der Waals surface area contributed by atoms with Crippen LogP contribution in [0.5, 0.6) is 5.75 Å². The van der Waals surface area contributed by atoms with E-state index in [-0.39, 0.29) is 11.7 Å². The first-order valence-corrected chi connectivity index (χ1v) is 6.41. The maximum absolute atomic E-state index is 13.5. The summed E-state index contributed by atoms with van der Waals surface area (Å²) in [5.74, 6) is 0.652. The van der Waals surface area contributed by atoms with Crippen molar-refractivity contribution in [3.8, 4) is 5.75 Å². The average Bonchev–Trinajstić information content (AvgIpc) is 2.46. The third-order valence-corrected chi connectivity index (χ3v) is 3.66. The molecule has 3 rings (SSSR count). The molecule has 0 spiro atoms. The molecular weight excluding hydrogens is 241 g/mol. The molecule has 1 heterocycles. The van der Waals surface area contributed by atoms with Crippen LogP contribution in [0.4, 0.5) is 4.39 Å². The summed E-state index contributed by atoms with van der Waals surface area (Å²) in [5, 5.41) is 3.38. The molecule has 3 heteroatoms. The topological polar surface area (TPSA) is 21.3 Å². The zero-order chi connectivity index (χ0) is 13.2. The van der Waals surface area contributed by atoms with E-state index in [4.69, 9.17) is 4.74 Å². The number of nitrogens with one attached hydrogen (secondary N) is 1. The SMILES string of the molecule is COc1ccc(F)cc1C1CNCc2ccccc21. The van der Waals surface area contributed by atoms with Gasteiger partial charge in [-0.3, -0.25) is 0 Å². The van der Waals surface area contributed by atoms with Crippen LogP contribution >= 0.6 is 0 Å². The van der Waals surface area contributed by atoms with Crippen LogP contribution in [0.2, 0.25) is 0 Å². The van der Waals surface area contributed by atoms with Crippen LogP contribution in [0.25, 0.3) is 0 Å². The van der Waals surface area contributed by atoms with E-state index >= 15 is 0 Å². The Hall–Kier alpha value is -1.87. The maximum atomic E-state index is 13.5. The van der Waals surface area contributed by atoms with Crippen LogP contribution in [-0.2, 0) is 6.54 Å². The van der Waals surface area contributed by atoms with Crippen LogP contribution in [0, 0.1) is 5.82 Å². The fourth-order valence-electron chi connectivity index (χ4n) is 2.75. The van der Waals surface area contributed by atoms with Crippen LogP contribution < -0.4 is 10.1 Å². The second-order valence-corrected chi connectivity index (χ2v) is 4.77. The van der Waals surface area contributed by atoms with Gasteiger partial charge in [0.2, 0.25) is 0 Å². The van der Waals surface area contributed by atoms with Gasteiger partial charge >= 0.3 is 0 Å². The number of benzene rings is 2. The number of fused-ring (bicyclic) bond motifs is 1. The molecule has 0 amide bonds. The van der Waals surface area contributed by atoms with Gasteiger partial charge in [0.15, 0.2) is 0 Å². The Balaban J connectivity index is 2.11. The van der Waals surface area contributed by atoms with Crippen LogP contribution in [0.1, 0.15) is 22.6 Å². The number of rotatable bonds is 2. The second kappa shape index (κ2) is 5.02. The van der Waals surface area contributed by atoms with Gasteiger partial charge in [0.05, 0.1) is 7.11 Å². The van der Waals surface area contributed by atoms with Crippen molar-refractivity contribution in [3.63, 3.8) is 0 Å². The zero-order valence-electron chi connectivity index (χ0n) is 10.8. The zero-order valence-corrected chi connectivity index (χ0v) is 10.8. The summed E-state index contributed by atoms with van der Waals surface area (Å²) in [6, 6.07) is 13.0. The van der Waals surface area contributed by atoms with Gasteiger partial charge in [-0.2, -0.15) is 0 Å². The first-order valence-electron chi connectivity index (χ1n) is 6.41. The molecule has 0 saturated heterocycles. The summed E-state index contributed by atoms with van der Waals surface area (Å²) >= 11 is 0. The Morgan fingerprint density at radius 3 is 2.84 bits per heavy atom. The molecule has 2 nitrogen and oxygen atoms in total. The standard InChI is InChI=1S/C16H16FNO/c1-19-16-7-6-12(17)8-14(16)15-10-18-9-11-4-2-3-5-13(11)15/h2-8,15,18H,9-10H2,1H3. The van der Waals surface area contributed by atoms with Gasteiger partial charge in [0.1, 0.15) is 11.6 Å². The van der Waals surface area contributed by atoms with Crippen molar-refractivity contribution in [1.82, 2.24) is 5.32 Å². The van der Waals surface area contributed by atoms with Gasteiger partial charge in [0.25, 0.3) is 0 Å². The minimum absolute atomic E-state index is 0.135. The highest BCUT2D eigenvalue weighted by Gasteiger charge is 2.24. The van der Waals surface area contributed by atoms with Gasteiger partial charge < -0.3 is 10.1 Å². The number of ether oxygens (including phenoxy) is 1. The van der Waals surface area contributed by atoms with Gasteiger partial charge in [-0.25, -0.2) is 4.39 Å². The van der Waals surface area contributed by atoms with E-state index in [1.54, 1.807) is 19.2 Å². The first kappa shape index (κ1) is 12.2. The van der Waals surface area contributed by atoms with Crippen LogP contribution in [0.3, 0.4) is 0 Å². The van der Waals surface area contributed by atoms with Crippen LogP contribution in [-0.4, -0.2) is 13.7 Å². The quantitative estimate of drug-likeness (QED) is 0.892. The normalized spacial score (nSPS) is 17.9. The average molecular weight is 257 g/mol. The highest BCUT2D eigenvalue weighted by atomic mass is 19.1. The molecule has 0 bridgehead atoms. The number of hydrogen-bond acceptors (Lipinski definition) is 2. The Kier molecular flexibility index (Phi) is 3.22. The van der Waals surface area contributed by atoms with Crippen molar-refractivity contribution in [2.24, 2.45) is 0 Å². The van der Waals surface area contributed by atoms with Crippen molar-refractivity contribution in [2.75, 3.05) is 13.7 Å². The minimum Gasteiger partial charge on any atom is -0.496 e. The number of halogens is 1. The minimum atomic E-state index is -0.223. The summed E-state index contributed by atoms with van der Waals surface area (Å²) in [5.41, 5.74) is 3.43. The third kappa shape index (κ3) is 2.22. The molecule has 0 saturated carbocycles. The Morgan fingerprint density at radius 1 is 1.16 bits per heavy atom. The maximum Gasteiger partial charge on any atom is 0.123 e. The summed E-state index contributed by atoms with van der Waals surface area (Å²) in [6.07, 6.45) is 0. The predicted octanol–water partition coefficient (Wildman–Crippen LogP) is 3.07. The van der Waals surface area contributed by atoms with E-state index in [1.165, 1.54) is 17.2 Å². The van der Waals surface area contributed by atoms with Gasteiger partial charge in [-0.1, -0.05) is 24.3 Å². The lowest BCUT2D eigenvalue weighted by Crippen LogP contribution is -2.29. The van der Waals surface area contributed by atoms with Crippen molar-refractivity contribution in [2.45, 2.75) is 12.5 Å². The first-order chi connectivity index (χ1) is 9.29. The van der Waals surface area contributed by atoms with Gasteiger partial charge in [-0.15, -0.1) is 0 Å². The van der Waals surface area contributed by atoms with Crippen LogP contribution in [0.15, 0.2) is 42.5 Å². The van der Waals surface area contributed by atoms with Gasteiger partial charge in [0, 0.05) is 24.6 Å². The Labute approximate surface area is 112 Å². The summed E-state index contributed by atoms with van der Waals surface area (Å²) in [6.45, 7) is 1.67. The molecule has 1 aliphatic heterocycles. The molecule has 2 aromatic carbocycles. The molecular formula is C16H16FNO. The van der Waals surface area contributed by atoms with E-state index in [2.05, 4.69) is 17.4 Å². The lowest BCUT2D eigenvalue weighted by molar-refractivity contribution is 0.404. The number of hydrogen-bond donors (Lipinski definition) is 1. The molecule has 1 N–H and O–H groups in total. The molecule has 1 aliphatic rings. The lowest BCUT2D eigenvalue weighted by atomic mass is 9.85. The predicted molar refractivity (Wildman–Crippen MR) is 72.9 cm³/mol. The highest BCUT2D eigenvalue weighted by Crippen LogP contribution is 2.35. The molecule has 0 aromatic heterocycles. The molecule has 0 aliphatic carbocycles. The summed E-state index contributed by atoms with van der Waals surface area (Å²) < 4.78 is 18.9. The largest absolute Gasteiger partial charge is 0.496 e. The van der Waals surface area contributed by atoms with Crippen molar-refractivity contribution >= 4 is 0 Å². The third-order valence-electron chi connectivity index (χ3n) is 3.66. The molecule has 2 aromatic rings. The summed E-state index contributed by atoms with van der Waals surface area (Å²) in [7, 11) is 1.62.